The zero-order valence-corrected chi connectivity index (χ0v) is 10.9. The summed E-state index contributed by atoms with van der Waals surface area (Å²) in [7, 11) is 0. The van der Waals surface area contributed by atoms with Crippen molar-refractivity contribution in [2.75, 3.05) is 6.61 Å². The summed E-state index contributed by atoms with van der Waals surface area (Å²) in [6.45, 7) is 2.20. The minimum absolute atomic E-state index is 0.214. The Hall–Kier alpha value is -1.50. The summed E-state index contributed by atoms with van der Waals surface area (Å²) in [6, 6.07) is 0. The molecule has 0 aliphatic heterocycles. The monoisotopic (exact) mass is 266 g/mol. The number of carbonyl (C=O) groups excluding carboxylic acids is 1. The van der Waals surface area contributed by atoms with Crippen molar-refractivity contribution in [2.24, 2.45) is 0 Å². The standard InChI is InChI=1S/C11H14N4O2S/c1-2-17-9(16)6-8-14-15-10(7-4-3-5-7)12-13-11(15)18-8/h7H,2-6H2,1H3. The first-order valence-electron chi connectivity index (χ1n) is 6.14. The fourth-order valence-electron chi connectivity index (χ4n) is 2.00. The second kappa shape index (κ2) is 4.64. The average molecular weight is 266 g/mol. The number of esters is 1. The number of fused-ring (bicyclic) bond motifs is 1. The third-order valence-corrected chi connectivity index (χ3v) is 4.03. The highest BCUT2D eigenvalue weighted by molar-refractivity contribution is 7.16. The molecule has 1 fully saturated rings. The number of carbonyl (C=O) groups is 1. The molecule has 96 valence electrons. The molecule has 18 heavy (non-hydrogen) atoms. The second-order valence-corrected chi connectivity index (χ2v) is 5.40. The Morgan fingerprint density at radius 1 is 1.50 bits per heavy atom. The summed E-state index contributed by atoms with van der Waals surface area (Å²) < 4.78 is 6.69. The fraction of sp³-hybridized carbons (Fsp3) is 0.636. The lowest BCUT2D eigenvalue weighted by molar-refractivity contribution is -0.142. The van der Waals surface area contributed by atoms with Gasteiger partial charge in [-0.25, -0.2) is 0 Å². The molecule has 6 nitrogen and oxygen atoms in total. The number of rotatable bonds is 4. The Labute approximate surface area is 108 Å². The maximum Gasteiger partial charge on any atom is 0.312 e. The summed E-state index contributed by atoms with van der Waals surface area (Å²) >= 11 is 1.40. The van der Waals surface area contributed by atoms with Gasteiger partial charge in [-0.15, -0.1) is 10.2 Å². The Morgan fingerprint density at radius 3 is 3.00 bits per heavy atom. The van der Waals surface area contributed by atoms with E-state index in [1.807, 2.05) is 0 Å². The molecule has 0 amide bonds. The van der Waals surface area contributed by atoms with Crippen LogP contribution in [0.4, 0.5) is 0 Å². The van der Waals surface area contributed by atoms with E-state index in [1.165, 1.54) is 17.8 Å². The smallest absolute Gasteiger partial charge is 0.312 e. The van der Waals surface area contributed by atoms with E-state index in [1.54, 1.807) is 11.4 Å². The van der Waals surface area contributed by atoms with E-state index >= 15 is 0 Å². The predicted octanol–water partition coefficient (Wildman–Crippen LogP) is 1.56. The molecule has 1 saturated carbocycles. The van der Waals surface area contributed by atoms with Gasteiger partial charge in [-0.1, -0.05) is 17.8 Å². The quantitative estimate of drug-likeness (QED) is 0.785. The second-order valence-electron chi connectivity index (χ2n) is 4.36. The molecule has 0 saturated heterocycles. The Kier molecular flexibility index (Phi) is 2.99. The molecule has 7 heteroatoms. The molecule has 0 spiro atoms. The van der Waals surface area contributed by atoms with Gasteiger partial charge in [0.25, 0.3) is 0 Å². The summed E-state index contributed by atoms with van der Waals surface area (Å²) in [5.74, 6) is 1.17. The van der Waals surface area contributed by atoms with Crippen molar-refractivity contribution >= 4 is 22.3 Å². The molecule has 2 heterocycles. The zero-order chi connectivity index (χ0) is 12.5. The van der Waals surface area contributed by atoms with Gasteiger partial charge in [0.15, 0.2) is 5.82 Å². The van der Waals surface area contributed by atoms with Gasteiger partial charge in [-0.05, 0) is 19.8 Å². The molecule has 0 radical (unpaired) electrons. The van der Waals surface area contributed by atoms with E-state index in [9.17, 15) is 4.79 Å². The third kappa shape index (κ3) is 1.98. The molecule has 2 aromatic rings. The first kappa shape index (κ1) is 11.6. The van der Waals surface area contributed by atoms with Gasteiger partial charge in [0, 0.05) is 5.92 Å². The van der Waals surface area contributed by atoms with Crippen LogP contribution in [-0.4, -0.2) is 32.4 Å². The van der Waals surface area contributed by atoms with Gasteiger partial charge in [0.2, 0.25) is 4.96 Å². The normalized spacial score (nSPS) is 15.8. The first-order chi connectivity index (χ1) is 8.78. The maximum atomic E-state index is 11.4. The van der Waals surface area contributed by atoms with Crippen LogP contribution < -0.4 is 0 Å². The molecule has 1 aliphatic rings. The van der Waals surface area contributed by atoms with Crippen LogP contribution in [0.1, 0.15) is 42.9 Å². The van der Waals surface area contributed by atoms with Crippen LogP contribution in [-0.2, 0) is 16.0 Å². The van der Waals surface area contributed by atoms with Crippen LogP contribution in [0.25, 0.3) is 4.96 Å². The summed E-state index contributed by atoms with van der Waals surface area (Å²) in [4.78, 5) is 12.2. The van der Waals surface area contributed by atoms with E-state index in [0.717, 1.165) is 28.6 Å². The van der Waals surface area contributed by atoms with Crippen LogP contribution in [0.5, 0.6) is 0 Å². The molecule has 0 atom stereocenters. The summed E-state index contributed by atoms with van der Waals surface area (Å²) in [5.41, 5.74) is 0. The highest BCUT2D eigenvalue weighted by Gasteiger charge is 2.26. The molecular weight excluding hydrogens is 252 g/mol. The Bertz CT molecular complexity index is 573. The molecule has 0 unspecified atom stereocenters. The summed E-state index contributed by atoms with van der Waals surface area (Å²) in [6.07, 6.45) is 3.78. The molecule has 0 N–H and O–H groups in total. The van der Waals surface area contributed by atoms with Crippen LogP contribution in [0.2, 0.25) is 0 Å². The Balaban J connectivity index is 1.82. The van der Waals surface area contributed by atoms with Crippen LogP contribution in [0.3, 0.4) is 0 Å². The third-order valence-electron chi connectivity index (χ3n) is 3.13. The van der Waals surface area contributed by atoms with Gasteiger partial charge in [-0.2, -0.15) is 9.61 Å². The van der Waals surface area contributed by atoms with Crippen molar-refractivity contribution in [3.63, 3.8) is 0 Å². The van der Waals surface area contributed by atoms with Gasteiger partial charge >= 0.3 is 5.97 Å². The average Bonchev–Trinajstić information content (AvgIpc) is 2.78. The minimum atomic E-state index is -0.243. The highest BCUT2D eigenvalue weighted by Crippen LogP contribution is 2.35. The Morgan fingerprint density at radius 2 is 2.33 bits per heavy atom. The molecule has 2 aromatic heterocycles. The zero-order valence-electron chi connectivity index (χ0n) is 10.1. The number of hydrogen-bond acceptors (Lipinski definition) is 6. The lowest BCUT2D eigenvalue weighted by Gasteiger charge is -2.22. The van der Waals surface area contributed by atoms with Crippen molar-refractivity contribution in [1.29, 1.82) is 0 Å². The predicted molar refractivity (Wildman–Crippen MR) is 65.6 cm³/mol. The van der Waals surface area contributed by atoms with Crippen LogP contribution in [0, 0.1) is 0 Å². The molecule has 0 bridgehead atoms. The topological polar surface area (TPSA) is 69.4 Å². The fourth-order valence-corrected chi connectivity index (χ4v) is 2.83. The van der Waals surface area contributed by atoms with Crippen molar-refractivity contribution < 1.29 is 9.53 Å². The van der Waals surface area contributed by atoms with Crippen LogP contribution >= 0.6 is 11.3 Å². The van der Waals surface area contributed by atoms with E-state index in [2.05, 4.69) is 15.3 Å². The van der Waals surface area contributed by atoms with Gasteiger partial charge < -0.3 is 4.74 Å². The molecular formula is C11H14N4O2S. The molecule has 0 aromatic carbocycles. The lowest BCUT2D eigenvalue weighted by atomic mass is 9.85. The number of ether oxygens (including phenoxy) is 1. The minimum Gasteiger partial charge on any atom is -0.466 e. The SMILES string of the molecule is CCOC(=O)Cc1nn2c(C3CCC3)nnc2s1. The lowest BCUT2D eigenvalue weighted by Crippen LogP contribution is -2.13. The van der Waals surface area contributed by atoms with Gasteiger partial charge in [0.1, 0.15) is 5.01 Å². The molecule has 1 aliphatic carbocycles. The largest absolute Gasteiger partial charge is 0.466 e. The summed E-state index contributed by atoms with van der Waals surface area (Å²) in [5, 5.41) is 13.4. The van der Waals surface area contributed by atoms with Crippen molar-refractivity contribution in [2.45, 2.75) is 38.5 Å². The molecule has 3 rings (SSSR count). The van der Waals surface area contributed by atoms with Crippen LogP contribution in [0.15, 0.2) is 0 Å². The van der Waals surface area contributed by atoms with E-state index in [-0.39, 0.29) is 12.4 Å². The van der Waals surface area contributed by atoms with Gasteiger partial charge in [0.05, 0.1) is 13.0 Å². The maximum absolute atomic E-state index is 11.4. The van der Waals surface area contributed by atoms with E-state index in [4.69, 9.17) is 4.74 Å². The van der Waals surface area contributed by atoms with Crippen molar-refractivity contribution in [3.05, 3.63) is 10.8 Å². The number of hydrogen-bond donors (Lipinski definition) is 0. The number of aromatic nitrogens is 4. The van der Waals surface area contributed by atoms with E-state index in [0.29, 0.717) is 12.5 Å². The van der Waals surface area contributed by atoms with Gasteiger partial charge in [-0.3, -0.25) is 4.79 Å². The van der Waals surface area contributed by atoms with Crippen molar-refractivity contribution in [1.82, 2.24) is 19.8 Å². The first-order valence-corrected chi connectivity index (χ1v) is 6.96. The highest BCUT2D eigenvalue weighted by atomic mass is 32.1. The van der Waals surface area contributed by atoms with Crippen molar-refractivity contribution in [3.8, 4) is 0 Å². The number of nitrogens with zero attached hydrogens (tertiary/aromatic N) is 4. The van der Waals surface area contributed by atoms with E-state index < -0.39 is 0 Å².